The Morgan fingerprint density at radius 3 is 2.57 bits per heavy atom. The SMILES string of the molecule is O=C(NCC1([NH+]2CCCCC2)CCCCC1)C1=CN2CCS(=O)(=O)N=C2C=C1. The first-order valence-electron chi connectivity index (χ1n) is 10.6. The molecule has 0 bridgehead atoms. The highest BCUT2D eigenvalue weighted by Gasteiger charge is 2.42. The molecule has 8 heteroatoms. The standard InChI is InChI=1S/C20H30N4O3S/c25-19(17-7-8-18-22-28(26,27)14-13-23(18)15-17)21-16-20(9-3-1-4-10-20)24-11-5-2-6-12-24/h7-8,15H,1-6,9-14,16H2,(H,21,25)/p+1. The number of hydrogen-bond acceptors (Lipinski definition) is 4. The van der Waals surface area contributed by atoms with Crippen LogP contribution in [0.3, 0.4) is 0 Å². The zero-order valence-electron chi connectivity index (χ0n) is 16.5. The van der Waals surface area contributed by atoms with Crippen molar-refractivity contribution >= 4 is 21.8 Å². The third-order valence-electron chi connectivity index (χ3n) is 6.69. The number of carbonyl (C=O) groups excluding carboxylic acids is 1. The van der Waals surface area contributed by atoms with Crippen LogP contribution < -0.4 is 10.2 Å². The van der Waals surface area contributed by atoms with Gasteiger partial charge in [-0.25, -0.2) is 8.42 Å². The Morgan fingerprint density at radius 2 is 1.82 bits per heavy atom. The van der Waals surface area contributed by atoms with E-state index in [0.29, 0.717) is 18.0 Å². The van der Waals surface area contributed by atoms with Gasteiger partial charge in [0.05, 0.1) is 31.0 Å². The van der Waals surface area contributed by atoms with Gasteiger partial charge in [-0.15, -0.1) is 4.40 Å². The summed E-state index contributed by atoms with van der Waals surface area (Å²) in [7, 11) is -3.37. The Bertz CT molecular complexity index is 803. The van der Waals surface area contributed by atoms with Crippen molar-refractivity contribution in [2.45, 2.75) is 56.9 Å². The van der Waals surface area contributed by atoms with E-state index in [-0.39, 0.29) is 17.2 Å². The van der Waals surface area contributed by atoms with Gasteiger partial charge in [0.1, 0.15) is 11.4 Å². The number of fused-ring (bicyclic) bond motifs is 1. The van der Waals surface area contributed by atoms with Crippen LogP contribution in [0, 0.1) is 0 Å². The molecule has 0 radical (unpaired) electrons. The van der Waals surface area contributed by atoms with Crippen LogP contribution >= 0.6 is 0 Å². The lowest BCUT2D eigenvalue weighted by molar-refractivity contribution is -0.957. The Labute approximate surface area is 167 Å². The summed E-state index contributed by atoms with van der Waals surface area (Å²) in [5.74, 6) is 0.298. The fourth-order valence-corrected chi connectivity index (χ4v) is 6.05. The Kier molecular flexibility index (Phi) is 5.60. The summed E-state index contributed by atoms with van der Waals surface area (Å²) in [6.45, 7) is 3.51. The van der Waals surface area contributed by atoms with Crippen LogP contribution in [0.5, 0.6) is 0 Å². The first-order valence-corrected chi connectivity index (χ1v) is 12.2. The average Bonchev–Trinajstić information content (AvgIpc) is 2.72. The number of sulfonamides is 1. The average molecular weight is 408 g/mol. The van der Waals surface area contributed by atoms with Gasteiger partial charge < -0.3 is 15.1 Å². The Hall–Kier alpha value is -1.67. The van der Waals surface area contributed by atoms with Crippen molar-refractivity contribution in [2.24, 2.45) is 4.40 Å². The second-order valence-electron chi connectivity index (χ2n) is 8.53. The lowest BCUT2D eigenvalue weighted by Gasteiger charge is -2.45. The molecule has 1 saturated carbocycles. The zero-order valence-corrected chi connectivity index (χ0v) is 17.3. The summed E-state index contributed by atoms with van der Waals surface area (Å²) in [6.07, 6.45) is 15.1. The lowest BCUT2D eigenvalue weighted by atomic mass is 9.79. The summed E-state index contributed by atoms with van der Waals surface area (Å²) in [5.41, 5.74) is 0.747. The second-order valence-corrected chi connectivity index (χ2v) is 10.3. The predicted molar refractivity (Wildman–Crippen MR) is 109 cm³/mol. The van der Waals surface area contributed by atoms with E-state index in [1.54, 1.807) is 28.2 Å². The van der Waals surface area contributed by atoms with Crippen LogP contribution in [0.2, 0.25) is 0 Å². The van der Waals surface area contributed by atoms with Crippen molar-refractivity contribution in [3.05, 3.63) is 23.9 Å². The number of likely N-dealkylation sites (tertiary alicyclic amines) is 1. The molecule has 2 fully saturated rings. The van der Waals surface area contributed by atoms with E-state index >= 15 is 0 Å². The van der Waals surface area contributed by atoms with E-state index in [0.717, 1.165) is 6.54 Å². The van der Waals surface area contributed by atoms with Crippen molar-refractivity contribution in [2.75, 3.05) is 31.9 Å². The number of hydrogen-bond donors (Lipinski definition) is 2. The molecule has 3 aliphatic heterocycles. The van der Waals surface area contributed by atoms with Crippen LogP contribution in [0.4, 0.5) is 0 Å². The van der Waals surface area contributed by atoms with E-state index in [1.807, 2.05) is 0 Å². The molecule has 1 aliphatic carbocycles. The van der Waals surface area contributed by atoms with Crippen LogP contribution in [-0.2, 0) is 14.8 Å². The minimum absolute atomic E-state index is 0.0167. The summed E-state index contributed by atoms with van der Waals surface area (Å²) in [6, 6.07) is 0. The number of amidine groups is 1. The maximum absolute atomic E-state index is 12.8. The molecule has 0 unspecified atom stereocenters. The third-order valence-corrected chi connectivity index (χ3v) is 7.85. The molecule has 0 spiro atoms. The van der Waals surface area contributed by atoms with Gasteiger partial charge in [0, 0.05) is 25.6 Å². The monoisotopic (exact) mass is 407 g/mol. The summed E-state index contributed by atoms with van der Waals surface area (Å²) >= 11 is 0. The van der Waals surface area contributed by atoms with Gasteiger partial charge in [-0.2, -0.15) is 0 Å². The molecule has 2 N–H and O–H groups in total. The Balaban J connectivity index is 1.43. The van der Waals surface area contributed by atoms with Crippen LogP contribution in [0.25, 0.3) is 0 Å². The molecule has 4 aliphatic rings. The van der Waals surface area contributed by atoms with E-state index < -0.39 is 10.0 Å². The van der Waals surface area contributed by atoms with Crippen molar-refractivity contribution in [3.8, 4) is 0 Å². The van der Waals surface area contributed by atoms with Gasteiger partial charge >= 0.3 is 0 Å². The normalized spacial score (nSPS) is 26.8. The predicted octanol–water partition coefficient (Wildman–Crippen LogP) is 0.372. The minimum Gasteiger partial charge on any atom is -0.346 e. The molecular weight excluding hydrogens is 376 g/mol. The van der Waals surface area contributed by atoms with Gasteiger partial charge in [0.25, 0.3) is 15.9 Å². The number of quaternary nitrogens is 1. The third kappa shape index (κ3) is 4.17. The smallest absolute Gasteiger partial charge is 0.256 e. The maximum atomic E-state index is 12.8. The number of amides is 1. The van der Waals surface area contributed by atoms with Gasteiger partial charge in [-0.1, -0.05) is 6.42 Å². The first-order chi connectivity index (χ1) is 13.5. The van der Waals surface area contributed by atoms with Gasteiger partial charge in [0.2, 0.25) is 0 Å². The number of nitrogens with one attached hydrogen (secondary N) is 2. The molecule has 0 atom stereocenters. The largest absolute Gasteiger partial charge is 0.346 e. The highest BCUT2D eigenvalue weighted by atomic mass is 32.2. The molecular formula is C20H31N4O3S+. The number of carbonyl (C=O) groups is 1. The molecule has 0 aromatic rings. The van der Waals surface area contributed by atoms with Gasteiger partial charge in [0.15, 0.2) is 0 Å². The molecule has 28 heavy (non-hydrogen) atoms. The van der Waals surface area contributed by atoms with Crippen molar-refractivity contribution < 1.29 is 18.1 Å². The topological polar surface area (TPSA) is 83.3 Å². The number of piperidine rings is 1. The molecule has 0 aromatic carbocycles. The zero-order chi connectivity index (χ0) is 19.6. The first kappa shape index (κ1) is 19.6. The second kappa shape index (κ2) is 7.99. The number of nitrogens with zero attached hydrogens (tertiary/aromatic N) is 2. The molecule has 4 rings (SSSR count). The van der Waals surface area contributed by atoms with E-state index in [4.69, 9.17) is 0 Å². The van der Waals surface area contributed by atoms with E-state index in [1.165, 1.54) is 64.5 Å². The highest BCUT2D eigenvalue weighted by molar-refractivity contribution is 7.90. The fourth-order valence-electron chi connectivity index (χ4n) is 5.08. The summed E-state index contributed by atoms with van der Waals surface area (Å²) in [4.78, 5) is 16.3. The van der Waals surface area contributed by atoms with E-state index in [2.05, 4.69) is 9.71 Å². The maximum Gasteiger partial charge on any atom is 0.256 e. The summed E-state index contributed by atoms with van der Waals surface area (Å²) in [5, 5.41) is 3.21. The van der Waals surface area contributed by atoms with Crippen molar-refractivity contribution in [1.29, 1.82) is 0 Å². The molecule has 3 heterocycles. The molecule has 0 aromatic heterocycles. The van der Waals surface area contributed by atoms with Crippen LogP contribution in [0.15, 0.2) is 28.3 Å². The fraction of sp³-hybridized carbons (Fsp3) is 0.700. The van der Waals surface area contributed by atoms with E-state index in [9.17, 15) is 13.2 Å². The lowest BCUT2D eigenvalue weighted by Crippen LogP contribution is -3.22. The molecule has 1 amide bonds. The highest BCUT2D eigenvalue weighted by Crippen LogP contribution is 2.26. The van der Waals surface area contributed by atoms with Crippen LogP contribution in [-0.4, -0.2) is 62.5 Å². The van der Waals surface area contributed by atoms with Crippen molar-refractivity contribution in [3.63, 3.8) is 0 Å². The van der Waals surface area contributed by atoms with Crippen molar-refractivity contribution in [1.82, 2.24) is 10.2 Å². The molecule has 154 valence electrons. The summed E-state index contributed by atoms with van der Waals surface area (Å²) < 4.78 is 27.0. The Morgan fingerprint density at radius 1 is 1.11 bits per heavy atom. The van der Waals surface area contributed by atoms with Crippen LogP contribution in [0.1, 0.15) is 51.4 Å². The van der Waals surface area contributed by atoms with Gasteiger partial charge in [-0.3, -0.25) is 4.79 Å². The minimum atomic E-state index is -3.37. The van der Waals surface area contributed by atoms with Gasteiger partial charge in [-0.05, 0) is 44.3 Å². The molecule has 1 saturated heterocycles. The number of rotatable bonds is 4. The quantitative estimate of drug-likeness (QED) is 0.706. The molecule has 7 nitrogen and oxygen atoms in total.